The van der Waals surface area contributed by atoms with Crippen molar-refractivity contribution in [1.29, 1.82) is 0 Å². The molecule has 0 fully saturated rings. The number of nitrogens with zero attached hydrogens (tertiary/aromatic N) is 4. The van der Waals surface area contributed by atoms with E-state index in [1.807, 2.05) is 104 Å². The number of hydrogen-bond acceptors (Lipinski definition) is 4. The van der Waals surface area contributed by atoms with Crippen molar-refractivity contribution in [2.75, 3.05) is 0 Å². The predicted molar refractivity (Wildman–Crippen MR) is 151 cm³/mol. The van der Waals surface area contributed by atoms with Crippen molar-refractivity contribution >= 4 is 15.9 Å². The van der Waals surface area contributed by atoms with E-state index in [2.05, 4.69) is 48.9 Å². The van der Waals surface area contributed by atoms with Crippen molar-refractivity contribution < 1.29 is 0 Å². The summed E-state index contributed by atoms with van der Waals surface area (Å²) in [4.78, 5) is 15.7. The van der Waals surface area contributed by atoms with Crippen LogP contribution in [0.15, 0.2) is 90.3 Å². The van der Waals surface area contributed by atoms with Crippen LogP contribution in [0.4, 0.5) is 0 Å². The number of rotatable bonds is 0. The van der Waals surface area contributed by atoms with Gasteiger partial charge in [0.25, 0.3) is 0 Å². The average molecular weight is 526 g/mol. The monoisotopic (exact) mass is 524 g/mol. The smallest absolute Gasteiger partial charge is 0.106 e. The molecule has 4 nitrogen and oxygen atoms in total. The van der Waals surface area contributed by atoms with Crippen molar-refractivity contribution in [3.05, 3.63) is 118 Å². The fraction of sp³-hybridized carbons (Fsp3) is 0.310. The zero-order valence-corrected chi connectivity index (χ0v) is 23.8. The van der Waals surface area contributed by atoms with Gasteiger partial charge in [-0.15, -0.1) is 0 Å². The van der Waals surface area contributed by atoms with E-state index in [1.54, 1.807) is 31.0 Å². The van der Waals surface area contributed by atoms with Crippen LogP contribution in [0.3, 0.4) is 0 Å². The third-order valence-corrected chi connectivity index (χ3v) is 4.06. The summed E-state index contributed by atoms with van der Waals surface area (Å²) >= 11 is 3.25. The molecule has 5 heteroatoms. The van der Waals surface area contributed by atoms with Crippen molar-refractivity contribution in [1.82, 2.24) is 19.9 Å². The number of halogens is 1. The van der Waals surface area contributed by atoms with Crippen LogP contribution in [0.5, 0.6) is 0 Å². The summed E-state index contributed by atoms with van der Waals surface area (Å²) in [6.07, 6.45) is 10.7. The molecule has 0 radical (unpaired) electrons. The van der Waals surface area contributed by atoms with Gasteiger partial charge in [-0.3, -0.25) is 15.0 Å². The van der Waals surface area contributed by atoms with Crippen LogP contribution in [0.1, 0.15) is 55.6 Å². The molecule has 0 spiro atoms. The minimum atomic E-state index is 0.900. The van der Waals surface area contributed by atoms with E-state index in [-0.39, 0.29) is 0 Å². The Morgan fingerprint density at radius 3 is 1.03 bits per heavy atom. The van der Waals surface area contributed by atoms with Crippen molar-refractivity contribution in [3.8, 4) is 0 Å². The third-order valence-electron chi connectivity index (χ3n) is 3.63. The summed E-state index contributed by atoms with van der Waals surface area (Å²) < 4.78 is 0.900. The van der Waals surface area contributed by atoms with E-state index in [0.29, 0.717) is 0 Å². The van der Waals surface area contributed by atoms with Crippen LogP contribution in [0.2, 0.25) is 0 Å². The Morgan fingerprint density at radius 1 is 0.471 bits per heavy atom. The lowest BCUT2D eigenvalue weighted by molar-refractivity contribution is 1.18. The van der Waals surface area contributed by atoms with Crippen LogP contribution in [0.25, 0.3) is 0 Å². The average Bonchev–Trinajstić information content (AvgIpc) is 2.84. The van der Waals surface area contributed by atoms with Crippen LogP contribution in [-0.2, 0) is 0 Å². The Balaban J connectivity index is 0. The second kappa shape index (κ2) is 23.2. The summed E-state index contributed by atoms with van der Waals surface area (Å²) in [6.45, 7) is 18.2. The Morgan fingerprint density at radius 2 is 0.824 bits per heavy atom. The van der Waals surface area contributed by atoms with Gasteiger partial charge in [0.2, 0.25) is 0 Å². The standard InChI is InChI=1S/C7H9N.C6H6BrN.2C6H7N.2C2H6/c1-6-3-4-8-7(2)5-6;1-5-2-3-8-6(7)4-5;2*1-6-2-4-7-5-3-6;2*1-2/h3-5H,1-2H3;2-4H,1H3;2*2-5H,1H3;2*1-2H3. The van der Waals surface area contributed by atoms with Gasteiger partial charge >= 0.3 is 0 Å². The lowest BCUT2D eigenvalue weighted by Gasteiger charge is -1.90. The summed E-state index contributed by atoms with van der Waals surface area (Å²) in [5, 5.41) is 0. The first-order chi connectivity index (χ1) is 16.4. The highest BCUT2D eigenvalue weighted by atomic mass is 79.9. The molecular weight excluding hydrogens is 484 g/mol. The fourth-order valence-corrected chi connectivity index (χ4v) is 2.52. The van der Waals surface area contributed by atoms with E-state index in [1.165, 1.54) is 22.3 Å². The summed E-state index contributed by atoms with van der Waals surface area (Å²) in [6, 6.07) is 15.9. The number of aryl methyl sites for hydroxylation is 5. The van der Waals surface area contributed by atoms with Crippen molar-refractivity contribution in [3.63, 3.8) is 0 Å². The van der Waals surface area contributed by atoms with E-state index in [0.717, 1.165) is 10.3 Å². The van der Waals surface area contributed by atoms with Gasteiger partial charge in [0, 0.05) is 42.9 Å². The van der Waals surface area contributed by atoms with Gasteiger partial charge in [-0.25, -0.2) is 4.98 Å². The maximum atomic E-state index is 4.04. The molecule has 0 aliphatic heterocycles. The van der Waals surface area contributed by atoms with E-state index >= 15 is 0 Å². The van der Waals surface area contributed by atoms with Crippen LogP contribution in [-0.4, -0.2) is 19.9 Å². The minimum Gasteiger partial charge on any atom is -0.265 e. The predicted octanol–water partition coefficient (Wildman–Crippen LogP) is 8.68. The normalized spacial score (nSPS) is 8.29. The van der Waals surface area contributed by atoms with Gasteiger partial charge in [0.1, 0.15) is 4.60 Å². The molecule has 34 heavy (non-hydrogen) atoms. The molecule has 0 aromatic carbocycles. The molecule has 4 aromatic rings. The molecule has 0 atom stereocenters. The number of hydrogen-bond donors (Lipinski definition) is 0. The van der Waals surface area contributed by atoms with Crippen LogP contribution < -0.4 is 0 Å². The quantitative estimate of drug-likeness (QED) is 0.216. The van der Waals surface area contributed by atoms with Gasteiger partial charge in [-0.2, -0.15) is 0 Å². The highest BCUT2D eigenvalue weighted by molar-refractivity contribution is 9.10. The van der Waals surface area contributed by atoms with Gasteiger partial charge < -0.3 is 0 Å². The van der Waals surface area contributed by atoms with Crippen LogP contribution in [0, 0.1) is 34.6 Å². The summed E-state index contributed by atoms with van der Waals surface area (Å²) in [7, 11) is 0. The van der Waals surface area contributed by atoms with Gasteiger partial charge in [0.15, 0.2) is 0 Å². The van der Waals surface area contributed by atoms with Crippen molar-refractivity contribution in [2.24, 2.45) is 0 Å². The molecule has 0 aliphatic carbocycles. The zero-order valence-electron chi connectivity index (χ0n) is 22.2. The van der Waals surface area contributed by atoms with Gasteiger partial charge in [-0.1, -0.05) is 27.7 Å². The fourth-order valence-electron chi connectivity index (χ4n) is 2.04. The van der Waals surface area contributed by atoms with E-state index in [9.17, 15) is 0 Å². The first kappa shape index (κ1) is 33.3. The van der Waals surface area contributed by atoms with E-state index < -0.39 is 0 Å². The van der Waals surface area contributed by atoms with Crippen LogP contribution >= 0.6 is 15.9 Å². The first-order valence-electron chi connectivity index (χ1n) is 11.6. The molecule has 0 saturated heterocycles. The Kier molecular flexibility index (Phi) is 22.7. The zero-order chi connectivity index (χ0) is 26.2. The lowest BCUT2D eigenvalue weighted by Crippen LogP contribution is -1.78. The summed E-state index contributed by atoms with van der Waals surface area (Å²) in [5.41, 5.74) is 6.11. The number of aromatic nitrogens is 4. The van der Waals surface area contributed by atoms with Gasteiger partial charge in [0.05, 0.1) is 0 Å². The first-order valence-corrected chi connectivity index (χ1v) is 12.4. The highest BCUT2D eigenvalue weighted by Gasteiger charge is 1.84. The molecular formula is C29H41BrN4. The van der Waals surface area contributed by atoms with E-state index in [4.69, 9.17) is 0 Å². The minimum absolute atomic E-state index is 0.900. The maximum Gasteiger partial charge on any atom is 0.106 e. The molecule has 0 aliphatic rings. The molecule has 4 heterocycles. The molecule has 0 amide bonds. The molecule has 0 N–H and O–H groups in total. The highest BCUT2D eigenvalue weighted by Crippen LogP contribution is 2.05. The SMILES string of the molecule is CC.CC.Cc1ccnc(Br)c1.Cc1ccnc(C)c1.Cc1ccncc1.Cc1ccncc1. The Bertz CT molecular complexity index is 846. The molecule has 184 valence electrons. The lowest BCUT2D eigenvalue weighted by atomic mass is 10.3. The topological polar surface area (TPSA) is 51.6 Å². The van der Waals surface area contributed by atoms with Crippen molar-refractivity contribution in [2.45, 2.75) is 62.3 Å². The molecule has 0 saturated carbocycles. The van der Waals surface area contributed by atoms with Gasteiger partial charge in [-0.05, 0) is 121 Å². The second-order valence-corrected chi connectivity index (χ2v) is 7.49. The Hall–Kier alpha value is -2.92. The summed E-state index contributed by atoms with van der Waals surface area (Å²) in [5.74, 6) is 0. The molecule has 4 aromatic heterocycles. The molecule has 0 bridgehead atoms. The molecule has 0 unspecified atom stereocenters. The Labute approximate surface area is 216 Å². The second-order valence-electron chi connectivity index (χ2n) is 6.68. The maximum absolute atomic E-state index is 4.04. The largest absolute Gasteiger partial charge is 0.265 e. The molecule has 4 rings (SSSR count). The number of pyridine rings is 4. The third kappa shape index (κ3) is 21.0.